The smallest absolute Gasteiger partial charge is 0.345 e. The zero-order valence-electron chi connectivity index (χ0n) is 10.2. The van der Waals surface area contributed by atoms with Crippen molar-refractivity contribution < 1.29 is 14.3 Å². The first-order chi connectivity index (χ1) is 9.92. The summed E-state index contributed by atoms with van der Waals surface area (Å²) in [6.45, 7) is 0. The molecule has 7 heteroatoms. The Morgan fingerprint density at radius 1 is 1.14 bits per heavy atom. The fourth-order valence-corrected chi connectivity index (χ4v) is 4.06. The van der Waals surface area contributed by atoms with E-state index in [1.54, 1.807) is 18.2 Å². The fourth-order valence-electron chi connectivity index (χ4n) is 1.58. The third-order valence-electron chi connectivity index (χ3n) is 2.51. The maximum Gasteiger partial charge on any atom is 0.345 e. The number of carbonyl (C=O) groups excluding carboxylic acids is 2. The van der Waals surface area contributed by atoms with Gasteiger partial charge in [-0.25, -0.2) is 4.79 Å². The zero-order valence-corrected chi connectivity index (χ0v) is 16.0. The normalized spacial score (nSPS) is 10.3. The fraction of sp³-hybridized carbons (Fsp3) is 0. The average Bonchev–Trinajstić information content (AvgIpc) is 2.41. The molecule has 21 heavy (non-hydrogen) atoms. The second-order valence-electron chi connectivity index (χ2n) is 3.94. The van der Waals surface area contributed by atoms with Gasteiger partial charge in [-0.05, 0) is 75.5 Å². The van der Waals surface area contributed by atoms with Crippen LogP contribution in [0.5, 0.6) is 5.75 Å². The van der Waals surface area contributed by atoms with Gasteiger partial charge < -0.3 is 4.74 Å². The third-order valence-corrected chi connectivity index (χ3v) is 4.48. The molecule has 0 unspecified atom stereocenters. The summed E-state index contributed by atoms with van der Waals surface area (Å²) in [5.41, 5.74) is 0.497. The van der Waals surface area contributed by atoms with E-state index < -0.39 is 5.97 Å². The van der Waals surface area contributed by atoms with Crippen LogP contribution in [-0.2, 0) is 0 Å². The Labute approximate surface area is 158 Å². The van der Waals surface area contributed by atoms with E-state index in [-0.39, 0.29) is 16.3 Å². The minimum absolute atomic E-state index is 0.187. The number of halogens is 4. The van der Waals surface area contributed by atoms with Crippen molar-refractivity contribution in [2.75, 3.05) is 0 Å². The number of esters is 1. The molecular weight excluding hydrogens is 541 g/mol. The summed E-state index contributed by atoms with van der Waals surface area (Å²) >= 11 is 15.9. The summed E-state index contributed by atoms with van der Waals surface area (Å²) in [5.74, 6) is -0.416. The van der Waals surface area contributed by atoms with Gasteiger partial charge >= 0.3 is 5.97 Å². The molecule has 3 nitrogen and oxygen atoms in total. The van der Waals surface area contributed by atoms with E-state index in [9.17, 15) is 9.59 Å². The maximum atomic E-state index is 12.2. The molecule has 0 aromatic heterocycles. The molecule has 0 bridgehead atoms. The largest absolute Gasteiger partial charge is 0.421 e. The molecule has 0 aliphatic heterocycles. The summed E-state index contributed by atoms with van der Waals surface area (Å²) in [7, 11) is 0. The van der Waals surface area contributed by atoms with Crippen LogP contribution >= 0.6 is 68.4 Å². The molecule has 108 valence electrons. The highest BCUT2D eigenvalue weighted by atomic mass is 127. The number of hydrogen-bond donors (Lipinski definition) is 0. The molecule has 0 atom stereocenters. The van der Waals surface area contributed by atoms with Gasteiger partial charge in [0.05, 0.1) is 19.7 Å². The van der Waals surface area contributed by atoms with Crippen LogP contribution in [0.2, 0.25) is 10.0 Å². The summed E-state index contributed by atoms with van der Waals surface area (Å²) in [4.78, 5) is 23.3. The van der Waals surface area contributed by atoms with Gasteiger partial charge in [-0.1, -0.05) is 23.2 Å². The standard InChI is InChI=1S/C14H6Cl2I2O3/c15-8-1-2-10(11(16)4-8)14(20)21-13-7(6-19)3-9(17)5-12(13)18/h1-6H. The highest BCUT2D eigenvalue weighted by Gasteiger charge is 2.17. The summed E-state index contributed by atoms with van der Waals surface area (Å²) in [5, 5.41) is 0.620. The van der Waals surface area contributed by atoms with Crippen LogP contribution in [0.15, 0.2) is 30.3 Å². The SMILES string of the molecule is O=Cc1cc(I)cc(I)c1OC(=O)c1ccc(Cl)cc1Cl. The van der Waals surface area contributed by atoms with E-state index in [4.69, 9.17) is 27.9 Å². The summed E-state index contributed by atoms with van der Waals surface area (Å²) in [6.07, 6.45) is 0.649. The molecule has 0 saturated heterocycles. The van der Waals surface area contributed by atoms with Crippen LogP contribution in [0.25, 0.3) is 0 Å². The lowest BCUT2D eigenvalue weighted by Gasteiger charge is -2.10. The molecular formula is C14H6Cl2I2O3. The van der Waals surface area contributed by atoms with Crippen LogP contribution in [0.1, 0.15) is 20.7 Å². The van der Waals surface area contributed by atoms with Crippen molar-refractivity contribution >= 4 is 80.6 Å². The molecule has 0 heterocycles. The van der Waals surface area contributed by atoms with Gasteiger partial charge in [0.15, 0.2) is 12.0 Å². The van der Waals surface area contributed by atoms with Crippen molar-refractivity contribution in [2.24, 2.45) is 0 Å². The number of benzene rings is 2. The lowest BCUT2D eigenvalue weighted by molar-refractivity contribution is 0.0732. The topological polar surface area (TPSA) is 43.4 Å². The van der Waals surface area contributed by atoms with E-state index in [0.29, 0.717) is 20.4 Å². The van der Waals surface area contributed by atoms with E-state index in [1.807, 2.05) is 22.6 Å². The highest BCUT2D eigenvalue weighted by Crippen LogP contribution is 2.29. The molecule has 0 radical (unpaired) electrons. The Morgan fingerprint density at radius 3 is 2.48 bits per heavy atom. The number of carbonyl (C=O) groups is 2. The van der Waals surface area contributed by atoms with Gasteiger partial charge in [0.25, 0.3) is 0 Å². The van der Waals surface area contributed by atoms with Gasteiger partial charge in [0.1, 0.15) is 0 Å². The Morgan fingerprint density at radius 2 is 1.86 bits per heavy atom. The van der Waals surface area contributed by atoms with E-state index in [0.717, 1.165) is 3.57 Å². The van der Waals surface area contributed by atoms with Crippen LogP contribution in [0, 0.1) is 7.14 Å². The molecule has 0 fully saturated rings. The lowest BCUT2D eigenvalue weighted by Crippen LogP contribution is -2.11. The molecule has 2 rings (SSSR count). The molecule has 0 N–H and O–H groups in total. The second-order valence-corrected chi connectivity index (χ2v) is 7.19. The molecule has 0 amide bonds. The predicted octanol–water partition coefficient (Wildman–Crippen LogP) is 5.23. The maximum absolute atomic E-state index is 12.2. The first kappa shape index (κ1) is 17.0. The van der Waals surface area contributed by atoms with E-state index >= 15 is 0 Å². The van der Waals surface area contributed by atoms with Gasteiger partial charge in [-0.15, -0.1) is 0 Å². The first-order valence-electron chi connectivity index (χ1n) is 5.54. The predicted molar refractivity (Wildman–Crippen MR) is 98.7 cm³/mol. The quantitative estimate of drug-likeness (QED) is 0.229. The molecule has 0 aliphatic carbocycles. The molecule has 0 spiro atoms. The molecule has 0 aliphatic rings. The Hall–Kier alpha value is -0.380. The number of rotatable bonds is 3. The van der Waals surface area contributed by atoms with Crippen LogP contribution < -0.4 is 4.74 Å². The Bertz CT molecular complexity index is 732. The van der Waals surface area contributed by atoms with Crippen molar-refractivity contribution in [3.8, 4) is 5.75 Å². The van der Waals surface area contributed by atoms with Gasteiger partial charge in [-0.3, -0.25) is 4.79 Å². The highest BCUT2D eigenvalue weighted by molar-refractivity contribution is 14.1. The van der Waals surface area contributed by atoms with Crippen LogP contribution in [-0.4, -0.2) is 12.3 Å². The van der Waals surface area contributed by atoms with E-state index in [2.05, 4.69) is 22.6 Å². The zero-order chi connectivity index (χ0) is 15.6. The van der Waals surface area contributed by atoms with Gasteiger partial charge in [0, 0.05) is 8.59 Å². The van der Waals surface area contributed by atoms with Crippen molar-refractivity contribution in [3.05, 3.63) is 58.6 Å². The van der Waals surface area contributed by atoms with Gasteiger partial charge in [0.2, 0.25) is 0 Å². The van der Waals surface area contributed by atoms with E-state index in [1.165, 1.54) is 12.1 Å². The minimum atomic E-state index is -0.640. The Kier molecular flexibility index (Phi) is 5.87. The number of ether oxygens (including phenoxy) is 1. The van der Waals surface area contributed by atoms with Crippen molar-refractivity contribution in [1.29, 1.82) is 0 Å². The monoisotopic (exact) mass is 546 g/mol. The second kappa shape index (κ2) is 7.26. The third kappa shape index (κ3) is 4.08. The number of hydrogen-bond acceptors (Lipinski definition) is 3. The number of aldehydes is 1. The summed E-state index contributed by atoms with van der Waals surface area (Å²) in [6, 6.07) is 7.93. The molecule has 2 aromatic carbocycles. The lowest BCUT2D eigenvalue weighted by atomic mass is 10.2. The van der Waals surface area contributed by atoms with Crippen LogP contribution in [0.4, 0.5) is 0 Å². The Balaban J connectivity index is 2.38. The molecule has 0 saturated carbocycles. The first-order valence-corrected chi connectivity index (χ1v) is 8.45. The minimum Gasteiger partial charge on any atom is -0.421 e. The van der Waals surface area contributed by atoms with Crippen molar-refractivity contribution in [3.63, 3.8) is 0 Å². The average molecular weight is 547 g/mol. The van der Waals surface area contributed by atoms with Crippen molar-refractivity contribution in [2.45, 2.75) is 0 Å². The van der Waals surface area contributed by atoms with Crippen LogP contribution in [0.3, 0.4) is 0 Å². The van der Waals surface area contributed by atoms with Gasteiger partial charge in [-0.2, -0.15) is 0 Å². The molecule has 2 aromatic rings. The van der Waals surface area contributed by atoms with Crippen molar-refractivity contribution in [1.82, 2.24) is 0 Å². The summed E-state index contributed by atoms with van der Waals surface area (Å²) < 4.78 is 6.87.